The molecule has 0 aromatic rings. The zero-order chi connectivity index (χ0) is 42.2. The fraction of sp³-hybridized carbons (Fsp3) is 0.705. The maximum Gasteiger partial charge on any atom is 0.472 e. The number of phosphoric acid groups is 1. The van der Waals surface area contributed by atoms with Crippen LogP contribution in [0.3, 0.4) is 0 Å². The standard InChI is InChI=1S/C44H76NO11P/c1-3-5-6-7-8-9-10-11-12-17-20-23-26-29-32-35-43(48)56-40(37-54-57(51,52)55-38-41(45)44(49)50)36-53-42(47)34-31-28-25-22-19-16-14-13-15-18-21-24-27-30-33-39(46)4-2/h9-10,14-16,18,22,24-25,27,39-41,46H,3-8,11-13,17,19-21,23,26,28-38,45H2,1-2H3,(H,49,50)(H,51,52)/b10-9-,16-14-,18-15-,25-22-,27-24-/t39-,40+,41-/m0/s1. The lowest BCUT2D eigenvalue weighted by Gasteiger charge is -2.20. The van der Waals surface area contributed by atoms with Crippen molar-refractivity contribution in [2.24, 2.45) is 5.73 Å². The van der Waals surface area contributed by atoms with E-state index in [1.165, 1.54) is 44.9 Å². The molecule has 0 saturated heterocycles. The summed E-state index contributed by atoms with van der Waals surface area (Å²) in [6.07, 6.45) is 40.9. The average molecular weight is 826 g/mol. The molecule has 5 N–H and O–H groups in total. The number of carbonyl (C=O) groups is 3. The number of unbranched alkanes of at least 4 members (excludes halogenated alkanes) is 12. The molecular weight excluding hydrogens is 749 g/mol. The molecule has 0 bridgehead atoms. The van der Waals surface area contributed by atoms with Gasteiger partial charge >= 0.3 is 25.7 Å². The van der Waals surface area contributed by atoms with E-state index in [0.717, 1.165) is 70.6 Å². The second-order valence-electron chi connectivity index (χ2n) is 14.3. The van der Waals surface area contributed by atoms with Gasteiger partial charge in [-0.25, -0.2) is 4.57 Å². The normalized spacial score (nSPS) is 14.9. The van der Waals surface area contributed by atoms with Gasteiger partial charge in [0.25, 0.3) is 0 Å². The number of aliphatic hydroxyl groups excluding tert-OH is 1. The fourth-order valence-electron chi connectivity index (χ4n) is 5.33. The highest BCUT2D eigenvalue weighted by molar-refractivity contribution is 7.47. The number of ether oxygens (including phenoxy) is 2. The fourth-order valence-corrected chi connectivity index (χ4v) is 6.10. The van der Waals surface area contributed by atoms with E-state index in [1.54, 1.807) is 0 Å². The van der Waals surface area contributed by atoms with Crippen molar-refractivity contribution in [3.63, 3.8) is 0 Å². The lowest BCUT2D eigenvalue weighted by atomic mass is 10.1. The molecule has 0 amide bonds. The predicted molar refractivity (Wildman–Crippen MR) is 227 cm³/mol. The highest BCUT2D eigenvalue weighted by Gasteiger charge is 2.28. The molecule has 0 aliphatic rings. The monoisotopic (exact) mass is 826 g/mol. The van der Waals surface area contributed by atoms with Gasteiger partial charge in [0.05, 0.1) is 19.3 Å². The number of nitrogens with two attached hydrogens (primary N) is 1. The first kappa shape index (κ1) is 54.1. The summed E-state index contributed by atoms with van der Waals surface area (Å²) in [5, 5.41) is 18.4. The molecular formula is C44H76NO11P. The van der Waals surface area contributed by atoms with E-state index in [2.05, 4.69) is 60.1 Å². The van der Waals surface area contributed by atoms with Gasteiger partial charge in [-0.05, 0) is 83.5 Å². The predicted octanol–water partition coefficient (Wildman–Crippen LogP) is 10.1. The Labute approximate surface area is 343 Å². The van der Waals surface area contributed by atoms with E-state index in [0.29, 0.717) is 19.3 Å². The second-order valence-corrected chi connectivity index (χ2v) is 15.7. The van der Waals surface area contributed by atoms with Crippen LogP contribution in [0.5, 0.6) is 0 Å². The summed E-state index contributed by atoms with van der Waals surface area (Å²) < 4.78 is 32.6. The van der Waals surface area contributed by atoms with E-state index < -0.39 is 51.1 Å². The van der Waals surface area contributed by atoms with Crippen LogP contribution in [0.25, 0.3) is 0 Å². The molecule has 328 valence electrons. The number of hydrogen-bond donors (Lipinski definition) is 4. The minimum atomic E-state index is -4.74. The number of phosphoric ester groups is 1. The molecule has 13 heteroatoms. The van der Waals surface area contributed by atoms with E-state index in [4.69, 9.17) is 24.8 Å². The lowest BCUT2D eigenvalue weighted by Crippen LogP contribution is -2.34. The van der Waals surface area contributed by atoms with Crippen LogP contribution in [0.2, 0.25) is 0 Å². The lowest BCUT2D eigenvalue weighted by molar-refractivity contribution is -0.161. The Morgan fingerprint density at radius 1 is 0.614 bits per heavy atom. The number of aliphatic hydroxyl groups is 1. The van der Waals surface area contributed by atoms with Crippen molar-refractivity contribution in [3.8, 4) is 0 Å². The van der Waals surface area contributed by atoms with Crippen LogP contribution in [0.15, 0.2) is 60.8 Å². The Hall–Kier alpha value is -2.86. The van der Waals surface area contributed by atoms with Gasteiger partial charge in [0.15, 0.2) is 6.10 Å². The molecule has 0 spiro atoms. The van der Waals surface area contributed by atoms with Crippen LogP contribution < -0.4 is 5.73 Å². The van der Waals surface area contributed by atoms with E-state index in [9.17, 15) is 28.9 Å². The van der Waals surface area contributed by atoms with Gasteiger partial charge < -0.3 is 30.3 Å². The van der Waals surface area contributed by atoms with Crippen LogP contribution in [-0.4, -0.2) is 71.1 Å². The summed E-state index contributed by atoms with van der Waals surface area (Å²) in [5.41, 5.74) is 5.32. The second kappa shape index (κ2) is 38.6. The molecule has 57 heavy (non-hydrogen) atoms. The number of aliphatic carboxylic acids is 1. The van der Waals surface area contributed by atoms with Gasteiger partial charge in [0.1, 0.15) is 12.6 Å². The number of carboxylic acids is 1. The van der Waals surface area contributed by atoms with Gasteiger partial charge in [-0.1, -0.05) is 126 Å². The maximum atomic E-state index is 12.6. The van der Waals surface area contributed by atoms with Crippen LogP contribution in [-0.2, 0) is 37.5 Å². The maximum absolute atomic E-state index is 12.6. The van der Waals surface area contributed by atoms with Crippen molar-refractivity contribution in [3.05, 3.63) is 60.8 Å². The Kier molecular flexibility index (Phi) is 36.7. The van der Waals surface area contributed by atoms with Crippen LogP contribution in [0.1, 0.15) is 162 Å². The van der Waals surface area contributed by atoms with E-state index in [-0.39, 0.29) is 25.6 Å². The molecule has 1 unspecified atom stereocenters. The summed E-state index contributed by atoms with van der Waals surface area (Å²) in [4.78, 5) is 45.9. The Bertz CT molecular complexity index is 1220. The first-order valence-electron chi connectivity index (χ1n) is 21.4. The summed E-state index contributed by atoms with van der Waals surface area (Å²) >= 11 is 0. The third-order valence-electron chi connectivity index (χ3n) is 8.90. The highest BCUT2D eigenvalue weighted by Crippen LogP contribution is 2.43. The topological polar surface area (TPSA) is 192 Å². The van der Waals surface area contributed by atoms with Gasteiger partial charge in [-0.3, -0.25) is 23.4 Å². The van der Waals surface area contributed by atoms with E-state index in [1.807, 2.05) is 19.1 Å². The van der Waals surface area contributed by atoms with Crippen molar-refractivity contribution in [1.82, 2.24) is 0 Å². The molecule has 0 aliphatic heterocycles. The molecule has 0 radical (unpaired) electrons. The van der Waals surface area contributed by atoms with Crippen molar-refractivity contribution in [2.75, 3.05) is 19.8 Å². The Morgan fingerprint density at radius 3 is 1.67 bits per heavy atom. The average Bonchev–Trinajstić information content (AvgIpc) is 3.19. The molecule has 0 heterocycles. The summed E-state index contributed by atoms with van der Waals surface area (Å²) in [5.74, 6) is -2.48. The Morgan fingerprint density at radius 2 is 1.09 bits per heavy atom. The number of hydrogen-bond acceptors (Lipinski definition) is 10. The number of allylic oxidation sites excluding steroid dienone is 10. The number of carboxylic acid groups (broad SMARTS) is 1. The number of rotatable bonds is 39. The SMILES string of the molecule is CCCCCC/C=C\CCCCCCCCCC(=O)O[C@H](COC(=O)CCC/C=C\C/C=C\C/C=C\C/C=C\CC[C@@H](O)CC)COP(=O)(O)OC[C@H](N)C(=O)O. The van der Waals surface area contributed by atoms with Crippen molar-refractivity contribution < 1.29 is 52.6 Å². The minimum absolute atomic E-state index is 0.130. The van der Waals surface area contributed by atoms with Gasteiger partial charge in [-0.2, -0.15) is 0 Å². The van der Waals surface area contributed by atoms with Gasteiger partial charge in [0.2, 0.25) is 0 Å². The third kappa shape index (κ3) is 38.4. The van der Waals surface area contributed by atoms with E-state index >= 15 is 0 Å². The molecule has 0 aliphatic carbocycles. The number of carbonyl (C=O) groups excluding carboxylic acids is 2. The summed E-state index contributed by atoms with van der Waals surface area (Å²) in [6, 6.07) is -1.54. The first-order valence-corrected chi connectivity index (χ1v) is 22.9. The summed E-state index contributed by atoms with van der Waals surface area (Å²) in [7, 11) is -4.74. The van der Waals surface area contributed by atoms with Crippen LogP contribution >= 0.6 is 7.82 Å². The molecule has 0 aromatic carbocycles. The quantitative estimate of drug-likeness (QED) is 0.0199. The van der Waals surface area contributed by atoms with Gasteiger partial charge in [0, 0.05) is 12.8 Å². The zero-order valence-electron chi connectivity index (χ0n) is 35.0. The molecule has 0 saturated carbocycles. The zero-order valence-corrected chi connectivity index (χ0v) is 35.9. The third-order valence-corrected chi connectivity index (χ3v) is 9.85. The molecule has 12 nitrogen and oxygen atoms in total. The van der Waals surface area contributed by atoms with Crippen molar-refractivity contribution in [1.29, 1.82) is 0 Å². The molecule has 0 fully saturated rings. The molecule has 4 atom stereocenters. The number of esters is 2. The largest absolute Gasteiger partial charge is 0.480 e. The first-order chi connectivity index (χ1) is 27.5. The van der Waals surface area contributed by atoms with Crippen LogP contribution in [0, 0.1) is 0 Å². The smallest absolute Gasteiger partial charge is 0.472 e. The van der Waals surface area contributed by atoms with Crippen molar-refractivity contribution in [2.45, 2.75) is 180 Å². The van der Waals surface area contributed by atoms with Crippen molar-refractivity contribution >= 4 is 25.7 Å². The molecule has 0 aromatic heterocycles. The summed E-state index contributed by atoms with van der Waals surface area (Å²) in [6.45, 7) is 2.43. The molecule has 0 rings (SSSR count). The van der Waals surface area contributed by atoms with Gasteiger partial charge in [-0.15, -0.1) is 0 Å². The minimum Gasteiger partial charge on any atom is -0.480 e. The Balaban J connectivity index is 4.49. The van der Waals surface area contributed by atoms with Crippen LogP contribution in [0.4, 0.5) is 0 Å². The highest BCUT2D eigenvalue weighted by atomic mass is 31.2.